The van der Waals surface area contributed by atoms with Crippen molar-refractivity contribution in [3.05, 3.63) is 65.5 Å². The van der Waals surface area contributed by atoms with E-state index in [1.165, 1.54) is 24.3 Å². The fourth-order valence-corrected chi connectivity index (χ4v) is 2.30. The number of halogens is 1. The smallest absolute Gasteiger partial charge is 0.251 e. The first-order chi connectivity index (χ1) is 12.5. The number of carbonyl (C=O) groups is 3. The number of hydrogen-bond donors (Lipinski definition) is 3. The maximum absolute atomic E-state index is 12.8. The molecular weight excluding hydrogens is 337 g/mol. The highest BCUT2D eigenvalue weighted by atomic mass is 19.1. The second-order valence-electron chi connectivity index (χ2n) is 6.07. The quantitative estimate of drug-likeness (QED) is 0.741. The first-order valence-electron chi connectivity index (χ1n) is 8.26. The third-order valence-corrected chi connectivity index (χ3v) is 3.84. The van der Waals surface area contributed by atoms with Gasteiger partial charge in [-0.1, -0.05) is 6.07 Å². The van der Waals surface area contributed by atoms with Crippen molar-refractivity contribution < 1.29 is 18.8 Å². The first kappa shape index (κ1) is 17.6. The Morgan fingerprint density at radius 2 is 1.69 bits per heavy atom. The van der Waals surface area contributed by atoms with Crippen LogP contribution in [0.1, 0.15) is 33.6 Å². The van der Waals surface area contributed by atoms with Crippen molar-refractivity contribution in [2.45, 2.75) is 18.9 Å². The van der Waals surface area contributed by atoms with E-state index in [0.717, 1.165) is 12.8 Å². The minimum Gasteiger partial charge on any atom is -0.349 e. The van der Waals surface area contributed by atoms with Gasteiger partial charge in [0, 0.05) is 22.9 Å². The fraction of sp³-hybridized carbons (Fsp3) is 0.211. The van der Waals surface area contributed by atoms with Crippen molar-refractivity contribution in [3.63, 3.8) is 0 Å². The Labute approximate surface area is 149 Å². The summed E-state index contributed by atoms with van der Waals surface area (Å²) in [5, 5.41) is 7.96. The lowest BCUT2D eigenvalue weighted by molar-refractivity contribution is -0.115. The lowest BCUT2D eigenvalue weighted by Crippen LogP contribution is -2.33. The molecule has 3 rings (SSSR count). The van der Waals surface area contributed by atoms with Crippen LogP contribution in [-0.2, 0) is 4.79 Å². The van der Waals surface area contributed by atoms with E-state index >= 15 is 0 Å². The SMILES string of the molecule is O=C(CNC(=O)c1ccc(F)cc1)Nc1cccc(C(=O)NC2CC2)c1. The third-order valence-electron chi connectivity index (χ3n) is 3.84. The summed E-state index contributed by atoms with van der Waals surface area (Å²) in [5.74, 6) is -1.52. The summed E-state index contributed by atoms with van der Waals surface area (Å²) in [4.78, 5) is 35.9. The Morgan fingerprint density at radius 1 is 0.962 bits per heavy atom. The van der Waals surface area contributed by atoms with Gasteiger partial charge < -0.3 is 16.0 Å². The Balaban J connectivity index is 1.52. The summed E-state index contributed by atoms with van der Waals surface area (Å²) in [5.41, 5.74) is 1.19. The summed E-state index contributed by atoms with van der Waals surface area (Å²) in [7, 11) is 0. The number of benzene rings is 2. The zero-order chi connectivity index (χ0) is 18.5. The Kier molecular flexibility index (Phi) is 5.26. The van der Waals surface area contributed by atoms with Crippen molar-refractivity contribution >= 4 is 23.4 Å². The average Bonchev–Trinajstić information content (AvgIpc) is 3.44. The van der Waals surface area contributed by atoms with Gasteiger partial charge in [0.2, 0.25) is 5.91 Å². The predicted molar refractivity (Wildman–Crippen MR) is 94.3 cm³/mol. The minimum absolute atomic E-state index is 0.173. The molecule has 26 heavy (non-hydrogen) atoms. The molecule has 0 aromatic heterocycles. The molecule has 0 aliphatic heterocycles. The average molecular weight is 355 g/mol. The number of carbonyl (C=O) groups excluding carboxylic acids is 3. The van der Waals surface area contributed by atoms with Crippen LogP contribution >= 0.6 is 0 Å². The molecule has 1 aliphatic rings. The van der Waals surface area contributed by atoms with Crippen LogP contribution < -0.4 is 16.0 Å². The standard InChI is InChI=1S/C19H18FN3O3/c20-14-6-4-12(5-7-14)18(25)21-11-17(24)22-16-3-1-2-13(10-16)19(26)23-15-8-9-15/h1-7,10,15H,8-9,11H2,(H,21,25)(H,22,24)(H,23,26). The van der Waals surface area contributed by atoms with Crippen molar-refractivity contribution in [1.29, 1.82) is 0 Å². The van der Waals surface area contributed by atoms with Crippen LogP contribution in [-0.4, -0.2) is 30.3 Å². The number of anilines is 1. The van der Waals surface area contributed by atoms with Crippen molar-refractivity contribution in [2.75, 3.05) is 11.9 Å². The number of nitrogens with one attached hydrogen (secondary N) is 3. The minimum atomic E-state index is -0.474. The number of hydrogen-bond acceptors (Lipinski definition) is 3. The molecule has 0 unspecified atom stereocenters. The van der Waals surface area contributed by atoms with Crippen LogP contribution in [0, 0.1) is 5.82 Å². The molecule has 3 N–H and O–H groups in total. The molecule has 0 saturated heterocycles. The van der Waals surface area contributed by atoms with E-state index in [-0.39, 0.29) is 24.1 Å². The summed E-state index contributed by atoms with van der Waals surface area (Å²) in [6, 6.07) is 11.9. The molecule has 7 heteroatoms. The van der Waals surface area contributed by atoms with Gasteiger partial charge in [-0.3, -0.25) is 14.4 Å². The molecule has 0 heterocycles. The van der Waals surface area contributed by atoms with Crippen molar-refractivity contribution in [3.8, 4) is 0 Å². The maximum atomic E-state index is 12.8. The molecule has 2 aromatic carbocycles. The molecular formula is C19H18FN3O3. The molecule has 2 aromatic rings. The largest absolute Gasteiger partial charge is 0.349 e. The molecule has 1 fully saturated rings. The van der Waals surface area contributed by atoms with Crippen LogP contribution in [0.15, 0.2) is 48.5 Å². The van der Waals surface area contributed by atoms with E-state index in [1.54, 1.807) is 24.3 Å². The van der Waals surface area contributed by atoms with Crippen LogP contribution in [0.3, 0.4) is 0 Å². The van der Waals surface area contributed by atoms with Crippen molar-refractivity contribution in [2.24, 2.45) is 0 Å². The van der Waals surface area contributed by atoms with E-state index in [1.807, 2.05) is 0 Å². The monoisotopic (exact) mass is 355 g/mol. The van der Waals surface area contributed by atoms with Gasteiger partial charge in [0.1, 0.15) is 5.82 Å². The third kappa shape index (κ3) is 4.89. The van der Waals surface area contributed by atoms with Crippen LogP contribution in [0.4, 0.5) is 10.1 Å². The highest BCUT2D eigenvalue weighted by Gasteiger charge is 2.23. The van der Waals surface area contributed by atoms with Gasteiger partial charge in [0.25, 0.3) is 11.8 Å². The summed E-state index contributed by atoms with van der Waals surface area (Å²) < 4.78 is 12.8. The first-order valence-corrected chi connectivity index (χ1v) is 8.26. The van der Waals surface area contributed by atoms with E-state index in [0.29, 0.717) is 11.3 Å². The highest BCUT2D eigenvalue weighted by molar-refractivity contribution is 6.00. The van der Waals surface area contributed by atoms with Gasteiger partial charge in [-0.2, -0.15) is 0 Å². The highest BCUT2D eigenvalue weighted by Crippen LogP contribution is 2.20. The van der Waals surface area contributed by atoms with Gasteiger partial charge in [-0.05, 0) is 55.3 Å². The van der Waals surface area contributed by atoms with Gasteiger partial charge in [-0.15, -0.1) is 0 Å². The number of amides is 3. The maximum Gasteiger partial charge on any atom is 0.251 e. The second kappa shape index (κ2) is 7.77. The Morgan fingerprint density at radius 3 is 2.38 bits per heavy atom. The molecule has 3 amide bonds. The molecule has 0 radical (unpaired) electrons. The Hall–Kier alpha value is -3.22. The van der Waals surface area contributed by atoms with E-state index < -0.39 is 17.6 Å². The molecule has 1 saturated carbocycles. The summed E-state index contributed by atoms with van der Waals surface area (Å²) in [6.07, 6.45) is 1.99. The molecule has 0 spiro atoms. The molecule has 6 nitrogen and oxygen atoms in total. The predicted octanol–water partition coefficient (Wildman–Crippen LogP) is 2.09. The lowest BCUT2D eigenvalue weighted by Gasteiger charge is -2.09. The van der Waals surface area contributed by atoms with Gasteiger partial charge in [0.15, 0.2) is 0 Å². The topological polar surface area (TPSA) is 87.3 Å². The van der Waals surface area contributed by atoms with Crippen LogP contribution in [0.5, 0.6) is 0 Å². The van der Waals surface area contributed by atoms with Gasteiger partial charge in [0.05, 0.1) is 6.54 Å². The fourth-order valence-electron chi connectivity index (χ4n) is 2.30. The normalized spacial score (nSPS) is 13.0. The van der Waals surface area contributed by atoms with Gasteiger partial charge in [-0.25, -0.2) is 4.39 Å². The van der Waals surface area contributed by atoms with E-state index in [4.69, 9.17) is 0 Å². The van der Waals surface area contributed by atoms with Crippen LogP contribution in [0.2, 0.25) is 0 Å². The van der Waals surface area contributed by atoms with E-state index in [9.17, 15) is 18.8 Å². The van der Waals surface area contributed by atoms with Gasteiger partial charge >= 0.3 is 0 Å². The van der Waals surface area contributed by atoms with E-state index in [2.05, 4.69) is 16.0 Å². The molecule has 0 bridgehead atoms. The second-order valence-corrected chi connectivity index (χ2v) is 6.07. The molecule has 134 valence electrons. The Bertz CT molecular complexity index is 832. The lowest BCUT2D eigenvalue weighted by atomic mass is 10.2. The van der Waals surface area contributed by atoms with Crippen molar-refractivity contribution in [1.82, 2.24) is 10.6 Å². The molecule has 1 aliphatic carbocycles. The molecule has 0 atom stereocenters. The number of rotatable bonds is 6. The van der Waals surface area contributed by atoms with Crippen LogP contribution in [0.25, 0.3) is 0 Å². The summed E-state index contributed by atoms with van der Waals surface area (Å²) in [6.45, 7) is -0.241. The zero-order valence-electron chi connectivity index (χ0n) is 13.9. The zero-order valence-corrected chi connectivity index (χ0v) is 13.9. The summed E-state index contributed by atoms with van der Waals surface area (Å²) >= 11 is 0.